The Bertz CT molecular complexity index is 858. The van der Waals surface area contributed by atoms with Gasteiger partial charge in [-0.25, -0.2) is 0 Å². The summed E-state index contributed by atoms with van der Waals surface area (Å²) in [5, 5.41) is 18.5. The third-order valence-electron chi connectivity index (χ3n) is 11.5. The average Bonchev–Trinajstić information content (AvgIpc) is 3.24. The second-order valence-electron chi connectivity index (χ2n) is 17.7. The maximum Gasteiger partial charge on any atom is 0.305 e. The van der Waals surface area contributed by atoms with Crippen LogP contribution in [0, 0.1) is 0 Å². The van der Waals surface area contributed by atoms with Crippen LogP contribution in [-0.2, 0) is 23.9 Å². The lowest BCUT2D eigenvalue weighted by molar-refractivity contribution is -0.152. The number of rotatable bonds is 47. The summed E-state index contributed by atoms with van der Waals surface area (Å²) in [7, 11) is 0. The Morgan fingerprint density at radius 1 is 0.367 bits per heavy atom. The Morgan fingerprint density at radius 3 is 0.867 bits per heavy atom. The molecule has 7 nitrogen and oxygen atoms in total. The molecule has 0 aromatic heterocycles. The van der Waals surface area contributed by atoms with Gasteiger partial charge in [0, 0.05) is 19.3 Å². The zero-order chi connectivity index (χ0) is 44.3. The maximum atomic E-state index is 11.9. The van der Waals surface area contributed by atoms with Crippen molar-refractivity contribution in [2.45, 2.75) is 297 Å². The molecule has 0 aromatic carbocycles. The van der Waals surface area contributed by atoms with Crippen LogP contribution in [0.1, 0.15) is 290 Å². The fourth-order valence-electron chi connectivity index (χ4n) is 7.49. The fourth-order valence-corrected chi connectivity index (χ4v) is 7.49. The van der Waals surface area contributed by atoms with Crippen molar-refractivity contribution in [3.8, 4) is 0 Å². The van der Waals surface area contributed by atoms with Crippen molar-refractivity contribution < 1.29 is 34.1 Å². The van der Waals surface area contributed by atoms with E-state index in [0.29, 0.717) is 19.3 Å². The van der Waals surface area contributed by atoms with Gasteiger partial charge in [-0.2, -0.15) is 0 Å². The number of carbonyl (C=O) groups is 3. The van der Waals surface area contributed by atoms with Crippen LogP contribution in [0.25, 0.3) is 0 Å². The molecule has 0 saturated carbocycles. The lowest BCUT2D eigenvalue weighted by Crippen LogP contribution is -2.25. The molecule has 0 aliphatic rings. The highest BCUT2D eigenvalue weighted by Crippen LogP contribution is 2.15. The third kappa shape index (κ3) is 56.1. The zero-order valence-electron chi connectivity index (χ0n) is 40.3. The molecule has 0 amide bonds. The Kier molecular flexibility index (Phi) is 53.4. The highest BCUT2D eigenvalue weighted by atomic mass is 16.6. The Hall–Kier alpha value is -1.89. The van der Waals surface area contributed by atoms with Crippen molar-refractivity contribution in [1.82, 2.24) is 0 Å². The number of aliphatic carboxylic acids is 1. The van der Waals surface area contributed by atoms with Crippen LogP contribution in [0.5, 0.6) is 0 Å². The van der Waals surface area contributed by atoms with Crippen LogP contribution in [0.4, 0.5) is 0 Å². The van der Waals surface area contributed by atoms with Gasteiger partial charge in [-0.15, -0.1) is 0 Å². The van der Waals surface area contributed by atoms with E-state index in [1.165, 1.54) is 212 Å². The van der Waals surface area contributed by atoms with Crippen LogP contribution in [0.3, 0.4) is 0 Å². The normalized spacial score (nSPS) is 11.3. The first-order valence-electron chi connectivity index (χ1n) is 26.2. The van der Waals surface area contributed by atoms with Crippen LogP contribution >= 0.6 is 0 Å². The Morgan fingerprint density at radius 2 is 0.600 bits per heavy atom. The average molecular weight is 851 g/mol. The first-order chi connectivity index (χ1) is 29.4. The smallest absolute Gasteiger partial charge is 0.305 e. The summed E-state index contributed by atoms with van der Waals surface area (Å²) >= 11 is 0. The summed E-state index contributed by atoms with van der Waals surface area (Å²) in [6.45, 7) is 6.56. The highest BCUT2D eigenvalue weighted by Gasteiger charge is 2.12. The number of carboxylic acids is 1. The molecule has 0 aliphatic heterocycles. The molecule has 0 radical (unpaired) electrons. The van der Waals surface area contributed by atoms with Gasteiger partial charge in [-0.05, 0) is 44.9 Å². The van der Waals surface area contributed by atoms with E-state index in [9.17, 15) is 19.5 Å². The first-order valence-corrected chi connectivity index (χ1v) is 26.2. The molecule has 0 rings (SSSR count). The quantitative estimate of drug-likeness (QED) is 0.0356. The van der Waals surface area contributed by atoms with E-state index in [1.54, 1.807) is 0 Å². The maximum absolute atomic E-state index is 11.9. The SMILES string of the molecule is CCCCCCCC/C=C\CCCCCCCC(=O)O.CCCCCCCCCCCCCCCC(=O)OCC(O)COC(=O)CCCCCCCCCCCCCCC. The number of aliphatic hydroxyl groups is 1. The number of esters is 2. The minimum absolute atomic E-state index is 0.108. The molecule has 0 aliphatic carbocycles. The molecular formula is C53H102O7. The van der Waals surface area contributed by atoms with E-state index in [1.807, 2.05) is 0 Å². The summed E-state index contributed by atoms with van der Waals surface area (Å²) in [5.41, 5.74) is 0. The number of hydrogen-bond acceptors (Lipinski definition) is 6. The van der Waals surface area contributed by atoms with Gasteiger partial charge in [0.1, 0.15) is 19.3 Å². The van der Waals surface area contributed by atoms with Gasteiger partial charge in [-0.1, -0.05) is 238 Å². The zero-order valence-corrected chi connectivity index (χ0v) is 40.3. The molecule has 0 aromatic rings. The molecule has 0 saturated heterocycles. The molecule has 60 heavy (non-hydrogen) atoms. The monoisotopic (exact) mass is 851 g/mol. The number of carboxylic acid groups (broad SMARTS) is 1. The van der Waals surface area contributed by atoms with E-state index >= 15 is 0 Å². The summed E-state index contributed by atoms with van der Waals surface area (Å²) in [6, 6.07) is 0. The van der Waals surface area contributed by atoms with Crippen LogP contribution in [0.15, 0.2) is 12.2 Å². The Labute approximate surface area is 372 Å². The Balaban J connectivity index is 0. The van der Waals surface area contributed by atoms with E-state index in [2.05, 4.69) is 32.9 Å². The summed E-state index contributed by atoms with van der Waals surface area (Å²) in [5.74, 6) is -1.22. The molecule has 0 heterocycles. The van der Waals surface area contributed by atoms with Gasteiger partial charge in [0.25, 0.3) is 0 Å². The van der Waals surface area contributed by atoms with Gasteiger partial charge >= 0.3 is 17.9 Å². The van der Waals surface area contributed by atoms with Gasteiger partial charge in [0.15, 0.2) is 0 Å². The molecule has 7 heteroatoms. The van der Waals surface area contributed by atoms with E-state index in [-0.39, 0.29) is 25.2 Å². The molecule has 0 spiro atoms. The van der Waals surface area contributed by atoms with Crippen molar-refractivity contribution in [1.29, 1.82) is 0 Å². The fraction of sp³-hybridized carbons (Fsp3) is 0.906. The molecule has 2 N–H and O–H groups in total. The first kappa shape index (κ1) is 60.2. The number of carbonyl (C=O) groups excluding carboxylic acids is 2. The minimum atomic E-state index is -0.953. The van der Waals surface area contributed by atoms with Crippen molar-refractivity contribution in [3.05, 3.63) is 12.2 Å². The lowest BCUT2D eigenvalue weighted by Gasteiger charge is -2.12. The molecule has 0 fully saturated rings. The predicted molar refractivity (Wildman–Crippen MR) is 256 cm³/mol. The lowest BCUT2D eigenvalue weighted by atomic mass is 10.0. The standard InChI is InChI=1S/C35H68O5.C18H34O2/c1-3-5-7-9-11-13-15-17-19-21-23-25-27-29-34(37)39-31-33(36)32-40-35(38)30-28-26-24-22-20-18-16-14-12-10-8-6-4-2;1-2-3-4-5-6-7-8-9-10-11-12-13-14-15-16-17-18(19)20/h33,36H,3-32H2,1-2H3;9-10H,2-8,11-17H2,1H3,(H,19,20)/b;10-9-. The molecule has 0 atom stereocenters. The van der Waals surface area contributed by atoms with Gasteiger partial charge in [0.05, 0.1) is 0 Å². The second kappa shape index (κ2) is 53.2. The third-order valence-corrected chi connectivity index (χ3v) is 11.5. The minimum Gasteiger partial charge on any atom is -0.481 e. The highest BCUT2D eigenvalue weighted by molar-refractivity contribution is 5.69. The number of hydrogen-bond donors (Lipinski definition) is 2. The van der Waals surface area contributed by atoms with Gasteiger partial charge < -0.3 is 19.7 Å². The topological polar surface area (TPSA) is 110 Å². The van der Waals surface area contributed by atoms with Crippen molar-refractivity contribution >= 4 is 17.9 Å². The molecule has 356 valence electrons. The van der Waals surface area contributed by atoms with Gasteiger partial charge in [0.2, 0.25) is 0 Å². The molecule has 0 bridgehead atoms. The molecular weight excluding hydrogens is 749 g/mol. The summed E-state index contributed by atoms with van der Waals surface area (Å²) in [4.78, 5) is 34.1. The number of aliphatic hydroxyl groups excluding tert-OH is 1. The van der Waals surface area contributed by atoms with E-state index < -0.39 is 12.1 Å². The summed E-state index contributed by atoms with van der Waals surface area (Å²) < 4.78 is 10.3. The predicted octanol–water partition coefficient (Wildman–Crippen LogP) is 16.5. The number of ether oxygens (including phenoxy) is 2. The largest absolute Gasteiger partial charge is 0.481 e. The second-order valence-corrected chi connectivity index (χ2v) is 17.7. The van der Waals surface area contributed by atoms with Crippen LogP contribution in [0.2, 0.25) is 0 Å². The summed E-state index contributed by atoms with van der Waals surface area (Å²) in [6.07, 6.45) is 54.1. The van der Waals surface area contributed by atoms with Gasteiger partial charge in [-0.3, -0.25) is 14.4 Å². The van der Waals surface area contributed by atoms with Crippen LogP contribution in [-0.4, -0.2) is 47.4 Å². The van der Waals surface area contributed by atoms with Crippen molar-refractivity contribution in [2.24, 2.45) is 0 Å². The van der Waals surface area contributed by atoms with Crippen molar-refractivity contribution in [2.75, 3.05) is 13.2 Å². The van der Waals surface area contributed by atoms with Crippen molar-refractivity contribution in [3.63, 3.8) is 0 Å². The number of unbranched alkanes of at least 4 members (excludes halogenated alkanes) is 35. The number of allylic oxidation sites excluding steroid dienone is 2. The van der Waals surface area contributed by atoms with Crippen LogP contribution < -0.4 is 0 Å². The van der Waals surface area contributed by atoms with E-state index in [0.717, 1.165) is 38.5 Å². The van der Waals surface area contributed by atoms with E-state index in [4.69, 9.17) is 14.6 Å². The molecule has 0 unspecified atom stereocenters.